The lowest BCUT2D eigenvalue weighted by Crippen LogP contribution is -2.21. The standard InChI is InChI=1S/C15H14N4O5/c1-7-13(8(2)24-19-7)14(21)23-6-12(20)16-9-3-4-10-11(5-9)18-15(22)17-10/h3-5H,6H2,1-2H3,(H,16,20)(H2,17,18,22). The third-order valence-corrected chi connectivity index (χ3v) is 3.37. The molecule has 1 amide bonds. The van der Waals surface area contributed by atoms with Crippen LogP contribution in [0.2, 0.25) is 0 Å². The lowest BCUT2D eigenvalue weighted by molar-refractivity contribution is -0.119. The average molecular weight is 330 g/mol. The molecule has 0 saturated heterocycles. The number of aromatic amines is 2. The van der Waals surface area contributed by atoms with Crippen LogP contribution in [0.25, 0.3) is 11.0 Å². The number of ether oxygens (including phenoxy) is 1. The van der Waals surface area contributed by atoms with Crippen LogP contribution in [-0.2, 0) is 9.53 Å². The minimum absolute atomic E-state index is 0.217. The highest BCUT2D eigenvalue weighted by molar-refractivity contribution is 5.97. The molecule has 0 atom stereocenters. The molecule has 3 rings (SSSR count). The number of nitrogens with one attached hydrogen (secondary N) is 3. The van der Waals surface area contributed by atoms with E-state index in [9.17, 15) is 14.4 Å². The largest absolute Gasteiger partial charge is 0.452 e. The second kappa shape index (κ2) is 6.03. The van der Waals surface area contributed by atoms with Gasteiger partial charge in [-0.25, -0.2) is 9.59 Å². The first kappa shape index (κ1) is 15.5. The quantitative estimate of drug-likeness (QED) is 0.617. The Balaban J connectivity index is 1.62. The number of carbonyl (C=O) groups excluding carboxylic acids is 2. The number of nitrogens with zero attached hydrogens (tertiary/aromatic N) is 1. The molecular weight excluding hydrogens is 316 g/mol. The van der Waals surface area contributed by atoms with Crippen molar-refractivity contribution in [3.8, 4) is 0 Å². The predicted molar refractivity (Wildman–Crippen MR) is 83.8 cm³/mol. The Labute approximate surface area is 135 Å². The minimum Gasteiger partial charge on any atom is -0.452 e. The van der Waals surface area contributed by atoms with Gasteiger partial charge >= 0.3 is 11.7 Å². The highest BCUT2D eigenvalue weighted by Crippen LogP contribution is 2.15. The van der Waals surface area contributed by atoms with Crippen LogP contribution in [0.5, 0.6) is 0 Å². The average Bonchev–Trinajstić information content (AvgIpc) is 3.06. The molecule has 0 spiro atoms. The highest BCUT2D eigenvalue weighted by Gasteiger charge is 2.19. The third-order valence-electron chi connectivity index (χ3n) is 3.37. The van der Waals surface area contributed by atoms with Gasteiger partial charge in [-0.05, 0) is 32.0 Å². The molecule has 0 aliphatic heterocycles. The summed E-state index contributed by atoms with van der Waals surface area (Å²) < 4.78 is 9.84. The van der Waals surface area contributed by atoms with Crippen molar-refractivity contribution in [1.29, 1.82) is 0 Å². The molecule has 0 radical (unpaired) electrons. The van der Waals surface area contributed by atoms with Gasteiger partial charge in [0.25, 0.3) is 5.91 Å². The second-order valence-corrected chi connectivity index (χ2v) is 5.16. The van der Waals surface area contributed by atoms with Gasteiger partial charge in [0.1, 0.15) is 11.3 Å². The zero-order valence-electron chi connectivity index (χ0n) is 12.9. The topological polar surface area (TPSA) is 130 Å². The molecule has 0 saturated carbocycles. The minimum atomic E-state index is -0.674. The van der Waals surface area contributed by atoms with Crippen molar-refractivity contribution in [3.05, 3.63) is 45.7 Å². The molecule has 9 heteroatoms. The molecule has 124 valence electrons. The summed E-state index contributed by atoms with van der Waals surface area (Å²) in [5, 5.41) is 6.24. The second-order valence-electron chi connectivity index (χ2n) is 5.16. The van der Waals surface area contributed by atoms with Gasteiger partial charge in [-0.15, -0.1) is 0 Å². The number of hydrogen-bond acceptors (Lipinski definition) is 6. The Hall–Kier alpha value is -3.36. The molecule has 9 nitrogen and oxygen atoms in total. The Kier molecular flexibility index (Phi) is 3.90. The Morgan fingerprint density at radius 2 is 2.00 bits per heavy atom. The summed E-state index contributed by atoms with van der Waals surface area (Å²) in [5.41, 5.74) is 1.94. The summed E-state index contributed by atoms with van der Waals surface area (Å²) >= 11 is 0. The third kappa shape index (κ3) is 3.05. The molecule has 0 unspecified atom stereocenters. The summed E-state index contributed by atoms with van der Waals surface area (Å²) in [6.07, 6.45) is 0. The van der Waals surface area contributed by atoms with Crippen molar-refractivity contribution < 1.29 is 18.8 Å². The van der Waals surface area contributed by atoms with E-state index >= 15 is 0 Å². The van der Waals surface area contributed by atoms with Crippen LogP contribution in [0.15, 0.2) is 27.5 Å². The SMILES string of the molecule is Cc1noc(C)c1C(=O)OCC(=O)Nc1ccc2[nH]c(=O)[nH]c2c1. The van der Waals surface area contributed by atoms with E-state index in [1.165, 1.54) is 0 Å². The number of hydrogen-bond donors (Lipinski definition) is 3. The maximum atomic E-state index is 11.9. The monoisotopic (exact) mass is 330 g/mol. The molecule has 24 heavy (non-hydrogen) atoms. The first-order chi connectivity index (χ1) is 11.4. The number of H-pyrrole nitrogens is 2. The van der Waals surface area contributed by atoms with E-state index in [-0.39, 0.29) is 11.3 Å². The van der Waals surface area contributed by atoms with Gasteiger partial charge in [-0.2, -0.15) is 0 Å². The van der Waals surface area contributed by atoms with E-state index in [0.717, 1.165) is 0 Å². The van der Waals surface area contributed by atoms with E-state index in [2.05, 4.69) is 20.4 Å². The van der Waals surface area contributed by atoms with Crippen LogP contribution in [0, 0.1) is 13.8 Å². The Bertz CT molecular complexity index is 962. The zero-order valence-corrected chi connectivity index (χ0v) is 12.9. The molecule has 0 fully saturated rings. The molecular formula is C15H14N4O5. The molecule has 1 aromatic carbocycles. The first-order valence-corrected chi connectivity index (χ1v) is 7.06. The molecule has 3 N–H and O–H groups in total. The normalized spacial score (nSPS) is 10.8. The van der Waals surface area contributed by atoms with Crippen LogP contribution in [-0.4, -0.2) is 33.6 Å². The summed E-state index contributed by atoms with van der Waals surface area (Å²) in [5.74, 6) is -0.848. The number of benzene rings is 1. The van der Waals surface area contributed by atoms with Crippen LogP contribution >= 0.6 is 0 Å². The van der Waals surface area contributed by atoms with Gasteiger partial charge in [-0.3, -0.25) is 4.79 Å². The number of esters is 1. The number of anilines is 1. The van der Waals surface area contributed by atoms with E-state index in [0.29, 0.717) is 28.2 Å². The number of aromatic nitrogens is 3. The molecule has 0 aliphatic rings. The van der Waals surface area contributed by atoms with Gasteiger partial charge in [0.05, 0.1) is 16.7 Å². The Morgan fingerprint density at radius 3 is 2.71 bits per heavy atom. The maximum absolute atomic E-state index is 11.9. The van der Waals surface area contributed by atoms with Crippen LogP contribution in [0.3, 0.4) is 0 Å². The molecule has 0 aliphatic carbocycles. The van der Waals surface area contributed by atoms with Crippen LogP contribution < -0.4 is 11.0 Å². The lowest BCUT2D eigenvalue weighted by Gasteiger charge is -2.06. The predicted octanol–water partition coefficient (Wildman–Crippen LogP) is 1.26. The summed E-state index contributed by atoms with van der Waals surface area (Å²) in [4.78, 5) is 40.2. The molecule has 2 heterocycles. The highest BCUT2D eigenvalue weighted by atomic mass is 16.5. The molecule has 0 bridgehead atoms. The van der Waals surface area contributed by atoms with E-state index < -0.39 is 18.5 Å². The van der Waals surface area contributed by atoms with Crippen molar-refractivity contribution in [2.24, 2.45) is 0 Å². The van der Waals surface area contributed by atoms with Crippen molar-refractivity contribution in [2.45, 2.75) is 13.8 Å². The number of imidazole rings is 1. The number of fused-ring (bicyclic) bond motifs is 1. The fourth-order valence-corrected chi connectivity index (χ4v) is 2.29. The van der Waals surface area contributed by atoms with Gasteiger partial charge < -0.3 is 24.5 Å². The molecule has 2 aromatic heterocycles. The van der Waals surface area contributed by atoms with Gasteiger partial charge in [0.15, 0.2) is 6.61 Å². The zero-order chi connectivity index (χ0) is 17.3. The van der Waals surface area contributed by atoms with E-state index in [1.54, 1.807) is 32.0 Å². The number of rotatable bonds is 4. The van der Waals surface area contributed by atoms with Crippen molar-refractivity contribution >= 4 is 28.6 Å². The smallest absolute Gasteiger partial charge is 0.344 e. The van der Waals surface area contributed by atoms with Gasteiger partial charge in [0, 0.05) is 5.69 Å². The van der Waals surface area contributed by atoms with Crippen molar-refractivity contribution in [2.75, 3.05) is 11.9 Å². The fraction of sp³-hybridized carbons (Fsp3) is 0.200. The van der Waals surface area contributed by atoms with Gasteiger partial charge in [-0.1, -0.05) is 5.16 Å². The maximum Gasteiger partial charge on any atom is 0.344 e. The Morgan fingerprint density at radius 1 is 1.25 bits per heavy atom. The molecule has 3 aromatic rings. The number of aryl methyl sites for hydroxylation is 2. The first-order valence-electron chi connectivity index (χ1n) is 7.06. The number of carbonyl (C=O) groups is 2. The number of amides is 1. The van der Waals surface area contributed by atoms with Gasteiger partial charge in [0.2, 0.25) is 0 Å². The summed E-state index contributed by atoms with van der Waals surface area (Å²) in [7, 11) is 0. The fourth-order valence-electron chi connectivity index (χ4n) is 2.29. The summed E-state index contributed by atoms with van der Waals surface area (Å²) in [6, 6.07) is 4.88. The van der Waals surface area contributed by atoms with Crippen molar-refractivity contribution in [1.82, 2.24) is 15.1 Å². The summed E-state index contributed by atoms with van der Waals surface area (Å²) in [6.45, 7) is 2.74. The van der Waals surface area contributed by atoms with Crippen LogP contribution in [0.4, 0.5) is 5.69 Å². The van der Waals surface area contributed by atoms with Crippen molar-refractivity contribution in [3.63, 3.8) is 0 Å². The van der Waals surface area contributed by atoms with E-state index in [4.69, 9.17) is 9.26 Å². The van der Waals surface area contributed by atoms with Crippen LogP contribution in [0.1, 0.15) is 21.8 Å². The lowest BCUT2D eigenvalue weighted by atomic mass is 10.2. The van der Waals surface area contributed by atoms with E-state index in [1.807, 2.05) is 0 Å².